The number of aliphatic carboxylic acids is 1. The van der Waals surface area contributed by atoms with E-state index in [1.165, 1.54) is 25.1 Å². The fraction of sp³-hybridized carbons (Fsp3) is 0.188. The van der Waals surface area contributed by atoms with E-state index in [4.69, 9.17) is 33.0 Å². The zero-order valence-electron chi connectivity index (χ0n) is 12.6. The van der Waals surface area contributed by atoms with Gasteiger partial charge in [-0.3, -0.25) is 4.79 Å². The van der Waals surface area contributed by atoms with Crippen molar-refractivity contribution in [3.63, 3.8) is 0 Å². The van der Waals surface area contributed by atoms with Gasteiger partial charge in [0, 0.05) is 4.90 Å². The lowest BCUT2D eigenvalue weighted by Gasteiger charge is -2.13. The summed E-state index contributed by atoms with van der Waals surface area (Å²) in [5, 5.41) is 8.37. The fourth-order valence-corrected chi connectivity index (χ4v) is 3.08. The first-order valence-electron chi connectivity index (χ1n) is 6.81. The van der Waals surface area contributed by atoms with E-state index in [0.29, 0.717) is 9.92 Å². The Morgan fingerprint density at radius 1 is 1.16 bits per heavy atom. The molecule has 1 N–H and O–H groups in total. The van der Waals surface area contributed by atoms with Crippen molar-refractivity contribution in [3.05, 3.63) is 52.0 Å². The monoisotopic (exact) mass is 410 g/mol. The third-order valence-corrected chi connectivity index (χ3v) is 4.93. The van der Waals surface area contributed by atoms with Gasteiger partial charge in [0.1, 0.15) is 16.7 Å². The molecule has 0 fully saturated rings. The summed E-state index contributed by atoms with van der Waals surface area (Å²) < 4.78 is 43.4. The van der Waals surface area contributed by atoms with Gasteiger partial charge in [-0.2, -0.15) is 13.2 Å². The van der Waals surface area contributed by atoms with E-state index in [-0.39, 0.29) is 16.5 Å². The maximum absolute atomic E-state index is 12.6. The Balaban J connectivity index is 2.25. The SMILES string of the molecule is CC(Sc1cc(Oc2ccc(C(F)(F)F)cc2Cl)ccc1Cl)C(=O)O. The number of carboxylic acid groups (broad SMARTS) is 1. The van der Waals surface area contributed by atoms with Crippen LogP contribution in [0.2, 0.25) is 10.0 Å². The van der Waals surface area contributed by atoms with Crippen LogP contribution in [0.15, 0.2) is 41.3 Å². The molecular weight excluding hydrogens is 400 g/mol. The number of carboxylic acids is 1. The molecule has 0 radical (unpaired) electrons. The van der Waals surface area contributed by atoms with E-state index in [0.717, 1.165) is 30.0 Å². The quantitative estimate of drug-likeness (QED) is 0.581. The normalized spacial score (nSPS) is 12.7. The van der Waals surface area contributed by atoms with Crippen molar-refractivity contribution in [1.29, 1.82) is 0 Å². The second kappa shape index (κ2) is 7.76. The molecule has 0 amide bonds. The molecule has 0 aliphatic heterocycles. The van der Waals surface area contributed by atoms with Crippen molar-refractivity contribution in [1.82, 2.24) is 0 Å². The van der Waals surface area contributed by atoms with Crippen molar-refractivity contribution in [2.75, 3.05) is 0 Å². The van der Waals surface area contributed by atoms with Crippen LogP contribution < -0.4 is 4.74 Å². The highest BCUT2D eigenvalue weighted by molar-refractivity contribution is 8.00. The van der Waals surface area contributed by atoms with Gasteiger partial charge in [-0.1, -0.05) is 23.2 Å². The Morgan fingerprint density at radius 3 is 2.40 bits per heavy atom. The molecule has 0 aliphatic rings. The molecule has 3 nitrogen and oxygen atoms in total. The van der Waals surface area contributed by atoms with Crippen molar-refractivity contribution < 1.29 is 27.8 Å². The van der Waals surface area contributed by atoms with Crippen LogP contribution in [-0.2, 0) is 11.0 Å². The number of hydrogen-bond donors (Lipinski definition) is 1. The maximum Gasteiger partial charge on any atom is 0.416 e. The largest absolute Gasteiger partial charge is 0.480 e. The average Bonchev–Trinajstić information content (AvgIpc) is 2.51. The molecule has 25 heavy (non-hydrogen) atoms. The van der Waals surface area contributed by atoms with Gasteiger partial charge >= 0.3 is 12.1 Å². The number of halogens is 5. The van der Waals surface area contributed by atoms with E-state index in [9.17, 15) is 18.0 Å². The first kappa shape index (κ1) is 19.8. The second-order valence-corrected chi connectivity index (χ2v) is 7.13. The minimum Gasteiger partial charge on any atom is -0.480 e. The van der Waals surface area contributed by atoms with Crippen LogP contribution in [-0.4, -0.2) is 16.3 Å². The highest BCUT2D eigenvalue weighted by Gasteiger charge is 2.31. The molecule has 1 unspecified atom stereocenters. The summed E-state index contributed by atoms with van der Waals surface area (Å²) in [5.74, 6) is -0.691. The first-order chi connectivity index (χ1) is 11.6. The molecule has 0 aliphatic carbocycles. The lowest BCUT2D eigenvalue weighted by atomic mass is 10.2. The van der Waals surface area contributed by atoms with Gasteiger partial charge < -0.3 is 9.84 Å². The summed E-state index contributed by atoms with van der Waals surface area (Å²) in [7, 11) is 0. The summed E-state index contributed by atoms with van der Waals surface area (Å²) in [5.41, 5.74) is -0.882. The van der Waals surface area contributed by atoms with E-state index < -0.39 is 23.0 Å². The molecule has 2 aromatic carbocycles. The molecule has 134 valence electrons. The van der Waals surface area contributed by atoms with E-state index in [2.05, 4.69) is 0 Å². The number of carbonyl (C=O) groups is 1. The number of rotatable bonds is 5. The van der Waals surface area contributed by atoms with Gasteiger partial charge in [0.15, 0.2) is 0 Å². The lowest BCUT2D eigenvalue weighted by molar-refractivity contribution is -0.138. The van der Waals surface area contributed by atoms with Crippen LogP contribution in [0.3, 0.4) is 0 Å². The van der Waals surface area contributed by atoms with Gasteiger partial charge in [-0.25, -0.2) is 0 Å². The molecular formula is C16H11Cl2F3O3S. The Bertz CT molecular complexity index is 797. The minimum atomic E-state index is -4.50. The molecule has 0 bridgehead atoms. The average molecular weight is 411 g/mol. The highest BCUT2D eigenvalue weighted by atomic mass is 35.5. The summed E-state index contributed by atoms with van der Waals surface area (Å²) in [4.78, 5) is 11.4. The van der Waals surface area contributed by atoms with Gasteiger partial charge in [0.05, 0.1) is 15.6 Å². The van der Waals surface area contributed by atoms with Gasteiger partial charge in [-0.15, -0.1) is 11.8 Å². The topological polar surface area (TPSA) is 46.5 Å². The summed E-state index contributed by atoms with van der Waals surface area (Å²) in [6, 6.07) is 7.26. The Labute approximate surface area is 155 Å². The van der Waals surface area contributed by atoms with Crippen molar-refractivity contribution in [3.8, 4) is 11.5 Å². The predicted octanol–water partition coefficient (Wildman–Crippen LogP) is 6.37. The number of benzene rings is 2. The molecule has 0 spiro atoms. The van der Waals surface area contributed by atoms with Crippen LogP contribution in [0.5, 0.6) is 11.5 Å². The standard InChI is InChI=1S/C16H11Cl2F3O3S/c1-8(15(22)23)25-14-7-10(3-4-11(14)17)24-13-5-2-9(6-12(13)18)16(19,20)21/h2-8H,1H3,(H,22,23). The second-order valence-electron chi connectivity index (χ2n) is 4.94. The maximum atomic E-state index is 12.6. The van der Waals surface area contributed by atoms with E-state index in [1.807, 2.05) is 0 Å². The molecule has 2 aromatic rings. The molecule has 0 saturated heterocycles. The van der Waals surface area contributed by atoms with Crippen LogP contribution in [0, 0.1) is 0 Å². The molecule has 0 aromatic heterocycles. The van der Waals surface area contributed by atoms with Gasteiger partial charge in [-0.05, 0) is 43.3 Å². The third kappa shape index (κ3) is 5.20. The molecule has 1 atom stereocenters. The highest BCUT2D eigenvalue weighted by Crippen LogP contribution is 2.38. The van der Waals surface area contributed by atoms with Crippen molar-refractivity contribution in [2.24, 2.45) is 0 Å². The first-order valence-corrected chi connectivity index (χ1v) is 8.45. The van der Waals surface area contributed by atoms with Gasteiger partial charge in [0.25, 0.3) is 0 Å². The van der Waals surface area contributed by atoms with E-state index in [1.54, 1.807) is 0 Å². The van der Waals surface area contributed by atoms with Gasteiger partial charge in [0.2, 0.25) is 0 Å². The van der Waals surface area contributed by atoms with Crippen molar-refractivity contribution in [2.45, 2.75) is 23.2 Å². The summed E-state index contributed by atoms with van der Waals surface area (Å²) in [6.07, 6.45) is -4.50. The minimum absolute atomic E-state index is 0.0409. The number of hydrogen-bond acceptors (Lipinski definition) is 3. The number of thioether (sulfide) groups is 1. The van der Waals surface area contributed by atoms with Crippen LogP contribution in [0.4, 0.5) is 13.2 Å². The zero-order chi connectivity index (χ0) is 18.8. The van der Waals surface area contributed by atoms with E-state index >= 15 is 0 Å². The Hall–Kier alpha value is -1.57. The number of ether oxygens (including phenoxy) is 1. The molecule has 9 heteroatoms. The Kier molecular flexibility index (Phi) is 6.13. The summed E-state index contributed by atoms with van der Waals surface area (Å²) >= 11 is 12.9. The third-order valence-electron chi connectivity index (χ3n) is 3.04. The Morgan fingerprint density at radius 2 is 1.84 bits per heavy atom. The zero-order valence-corrected chi connectivity index (χ0v) is 14.9. The smallest absolute Gasteiger partial charge is 0.416 e. The summed E-state index contributed by atoms with van der Waals surface area (Å²) in [6.45, 7) is 1.50. The predicted molar refractivity (Wildman–Crippen MR) is 90.9 cm³/mol. The molecule has 2 rings (SSSR count). The van der Waals surface area contributed by atoms with Crippen LogP contribution >= 0.6 is 35.0 Å². The fourth-order valence-electron chi connectivity index (χ4n) is 1.77. The van der Waals surface area contributed by atoms with Crippen molar-refractivity contribution >= 4 is 40.9 Å². The molecule has 0 saturated carbocycles. The lowest BCUT2D eigenvalue weighted by Crippen LogP contribution is -2.11. The van der Waals surface area contributed by atoms with Crippen LogP contribution in [0.1, 0.15) is 12.5 Å². The number of alkyl halides is 3. The molecule has 0 heterocycles. The van der Waals surface area contributed by atoms with Crippen LogP contribution in [0.25, 0.3) is 0 Å².